The smallest absolute Gasteiger partial charge is 0.0325 e. The van der Waals surface area contributed by atoms with Gasteiger partial charge in [-0.25, -0.2) is 0 Å². The molecular formula is C12H19NS. The number of anilines is 1. The molecule has 0 heterocycles. The summed E-state index contributed by atoms with van der Waals surface area (Å²) in [6.07, 6.45) is 2.44. The van der Waals surface area contributed by atoms with E-state index in [0.717, 1.165) is 10.9 Å². The van der Waals surface area contributed by atoms with Crippen LogP contribution in [0.3, 0.4) is 0 Å². The van der Waals surface area contributed by atoms with Crippen LogP contribution in [-0.2, 0) is 0 Å². The Labute approximate surface area is 91.1 Å². The molecule has 1 aromatic rings. The minimum absolute atomic E-state index is 0.718. The highest BCUT2D eigenvalue weighted by Crippen LogP contribution is 2.31. The van der Waals surface area contributed by atoms with Crippen molar-refractivity contribution in [3.05, 3.63) is 23.8 Å². The molecule has 0 atom stereocenters. The molecule has 1 nitrogen and oxygen atoms in total. The molecule has 2 N–H and O–H groups in total. The summed E-state index contributed by atoms with van der Waals surface area (Å²) in [6, 6.07) is 6.14. The van der Waals surface area contributed by atoms with E-state index in [2.05, 4.69) is 32.9 Å². The molecule has 0 saturated carbocycles. The first-order chi connectivity index (χ1) is 6.67. The van der Waals surface area contributed by atoms with E-state index >= 15 is 0 Å². The van der Waals surface area contributed by atoms with Crippen molar-refractivity contribution in [3.8, 4) is 0 Å². The first kappa shape index (κ1) is 11.4. The molecule has 0 fully saturated rings. The van der Waals surface area contributed by atoms with Crippen LogP contribution in [0.4, 0.5) is 5.69 Å². The fourth-order valence-corrected chi connectivity index (χ4v) is 2.53. The number of nitrogen functional groups attached to an aromatic ring is 1. The van der Waals surface area contributed by atoms with Crippen LogP contribution in [-0.4, -0.2) is 5.25 Å². The molecule has 1 rings (SSSR count). The van der Waals surface area contributed by atoms with Gasteiger partial charge in [0.05, 0.1) is 0 Å². The van der Waals surface area contributed by atoms with Gasteiger partial charge in [0.25, 0.3) is 0 Å². The minimum atomic E-state index is 0.718. The Morgan fingerprint density at radius 1 is 1.29 bits per heavy atom. The Hall–Kier alpha value is -0.630. The van der Waals surface area contributed by atoms with Crippen molar-refractivity contribution in [3.63, 3.8) is 0 Å². The lowest BCUT2D eigenvalue weighted by Gasteiger charge is -2.13. The number of benzene rings is 1. The van der Waals surface area contributed by atoms with E-state index in [9.17, 15) is 0 Å². The number of hydrogen-bond donors (Lipinski definition) is 1. The van der Waals surface area contributed by atoms with Crippen LogP contribution in [0.2, 0.25) is 0 Å². The average molecular weight is 209 g/mol. The van der Waals surface area contributed by atoms with E-state index < -0.39 is 0 Å². The molecule has 14 heavy (non-hydrogen) atoms. The molecule has 0 bridgehead atoms. The van der Waals surface area contributed by atoms with E-state index in [4.69, 9.17) is 5.73 Å². The Morgan fingerprint density at radius 3 is 2.50 bits per heavy atom. The normalized spacial score (nSPS) is 10.9. The molecule has 0 radical (unpaired) electrons. The molecule has 0 aromatic heterocycles. The van der Waals surface area contributed by atoms with Crippen molar-refractivity contribution in [1.82, 2.24) is 0 Å². The van der Waals surface area contributed by atoms with Gasteiger partial charge < -0.3 is 5.73 Å². The molecular weight excluding hydrogens is 190 g/mol. The molecule has 0 amide bonds. The van der Waals surface area contributed by atoms with Crippen molar-refractivity contribution in [1.29, 1.82) is 0 Å². The van der Waals surface area contributed by atoms with Gasteiger partial charge in [-0.05, 0) is 37.5 Å². The molecule has 0 unspecified atom stereocenters. The SMILES string of the molecule is CCC(CC)Sc1cc(N)ccc1C. The highest BCUT2D eigenvalue weighted by atomic mass is 32.2. The van der Waals surface area contributed by atoms with E-state index in [-0.39, 0.29) is 0 Å². The molecule has 2 heteroatoms. The van der Waals surface area contributed by atoms with Crippen LogP contribution < -0.4 is 5.73 Å². The second-order valence-corrected chi connectivity index (χ2v) is 4.92. The molecule has 0 spiro atoms. The van der Waals surface area contributed by atoms with E-state index in [1.165, 1.54) is 23.3 Å². The molecule has 78 valence electrons. The summed E-state index contributed by atoms with van der Waals surface area (Å²) < 4.78 is 0. The lowest BCUT2D eigenvalue weighted by atomic mass is 10.2. The van der Waals surface area contributed by atoms with Gasteiger partial charge in [-0.2, -0.15) is 0 Å². The Morgan fingerprint density at radius 2 is 1.93 bits per heavy atom. The average Bonchev–Trinajstić information content (AvgIpc) is 2.19. The lowest BCUT2D eigenvalue weighted by molar-refractivity contribution is 0.792. The third-order valence-corrected chi connectivity index (χ3v) is 4.11. The molecule has 0 aliphatic carbocycles. The standard InChI is InChI=1S/C12H19NS/c1-4-11(5-2)14-12-8-10(13)7-6-9(12)3/h6-8,11H,4-5,13H2,1-3H3. The van der Waals surface area contributed by atoms with Crippen LogP contribution in [0.1, 0.15) is 32.3 Å². The van der Waals surface area contributed by atoms with E-state index in [1.807, 2.05) is 17.8 Å². The molecule has 0 aliphatic rings. The van der Waals surface area contributed by atoms with Gasteiger partial charge in [0, 0.05) is 15.8 Å². The summed E-state index contributed by atoms with van der Waals surface area (Å²) in [7, 11) is 0. The predicted molar refractivity (Wildman–Crippen MR) is 65.8 cm³/mol. The number of hydrogen-bond acceptors (Lipinski definition) is 2. The Kier molecular flexibility index (Phi) is 4.33. The highest BCUT2D eigenvalue weighted by Gasteiger charge is 2.07. The quantitative estimate of drug-likeness (QED) is 0.602. The maximum atomic E-state index is 5.77. The van der Waals surface area contributed by atoms with Gasteiger partial charge >= 0.3 is 0 Å². The largest absolute Gasteiger partial charge is 0.399 e. The van der Waals surface area contributed by atoms with E-state index in [1.54, 1.807) is 0 Å². The van der Waals surface area contributed by atoms with Gasteiger partial charge in [-0.3, -0.25) is 0 Å². The monoisotopic (exact) mass is 209 g/mol. The van der Waals surface area contributed by atoms with Crippen LogP contribution >= 0.6 is 11.8 Å². The van der Waals surface area contributed by atoms with Crippen molar-refractivity contribution >= 4 is 17.4 Å². The summed E-state index contributed by atoms with van der Waals surface area (Å²) in [5, 5.41) is 0.718. The summed E-state index contributed by atoms with van der Waals surface area (Å²) >= 11 is 1.95. The zero-order valence-corrected chi connectivity index (χ0v) is 10.0. The zero-order valence-electron chi connectivity index (χ0n) is 9.21. The van der Waals surface area contributed by atoms with E-state index in [0.29, 0.717) is 0 Å². The summed E-state index contributed by atoms with van der Waals surface area (Å²) in [5.41, 5.74) is 7.97. The fourth-order valence-electron chi connectivity index (χ4n) is 1.38. The lowest BCUT2D eigenvalue weighted by Crippen LogP contribution is -1.98. The molecule has 0 saturated heterocycles. The summed E-state index contributed by atoms with van der Waals surface area (Å²) in [5.74, 6) is 0. The maximum Gasteiger partial charge on any atom is 0.0325 e. The van der Waals surface area contributed by atoms with Crippen LogP contribution in [0.15, 0.2) is 23.1 Å². The van der Waals surface area contributed by atoms with Gasteiger partial charge in [-0.15, -0.1) is 11.8 Å². The third-order valence-electron chi connectivity index (χ3n) is 2.42. The molecule has 0 aliphatic heterocycles. The van der Waals surface area contributed by atoms with Crippen molar-refractivity contribution in [2.24, 2.45) is 0 Å². The molecule has 1 aromatic carbocycles. The number of aryl methyl sites for hydroxylation is 1. The topological polar surface area (TPSA) is 26.0 Å². The summed E-state index contributed by atoms with van der Waals surface area (Å²) in [4.78, 5) is 1.33. The second kappa shape index (κ2) is 5.30. The zero-order chi connectivity index (χ0) is 10.6. The fraction of sp³-hybridized carbons (Fsp3) is 0.500. The third kappa shape index (κ3) is 2.95. The number of thioether (sulfide) groups is 1. The predicted octanol–water partition coefficient (Wildman–Crippen LogP) is 3.86. The summed E-state index contributed by atoms with van der Waals surface area (Å²) in [6.45, 7) is 6.62. The number of rotatable bonds is 4. The van der Waals surface area contributed by atoms with Crippen LogP contribution in [0.5, 0.6) is 0 Å². The minimum Gasteiger partial charge on any atom is -0.399 e. The van der Waals surface area contributed by atoms with Crippen molar-refractivity contribution in [2.45, 2.75) is 43.8 Å². The first-order valence-electron chi connectivity index (χ1n) is 5.20. The Balaban J connectivity index is 2.79. The van der Waals surface area contributed by atoms with Crippen LogP contribution in [0, 0.1) is 6.92 Å². The number of nitrogens with two attached hydrogens (primary N) is 1. The van der Waals surface area contributed by atoms with Gasteiger partial charge in [0.15, 0.2) is 0 Å². The van der Waals surface area contributed by atoms with Gasteiger partial charge in [-0.1, -0.05) is 19.9 Å². The van der Waals surface area contributed by atoms with Crippen molar-refractivity contribution < 1.29 is 0 Å². The Bertz CT molecular complexity index is 292. The van der Waals surface area contributed by atoms with Gasteiger partial charge in [0.1, 0.15) is 0 Å². The van der Waals surface area contributed by atoms with Crippen LogP contribution in [0.25, 0.3) is 0 Å². The highest BCUT2D eigenvalue weighted by molar-refractivity contribution is 8.00. The maximum absolute atomic E-state index is 5.77. The first-order valence-corrected chi connectivity index (χ1v) is 6.08. The second-order valence-electron chi connectivity index (χ2n) is 3.58. The van der Waals surface area contributed by atoms with Crippen molar-refractivity contribution in [2.75, 3.05) is 5.73 Å². The van der Waals surface area contributed by atoms with Gasteiger partial charge in [0.2, 0.25) is 0 Å².